The Kier molecular flexibility index (Phi) is 6.37. The Morgan fingerprint density at radius 1 is 1.32 bits per heavy atom. The summed E-state index contributed by atoms with van der Waals surface area (Å²) in [5.41, 5.74) is 0.567. The van der Waals surface area contributed by atoms with Crippen LogP contribution in [0.2, 0.25) is 10.0 Å². The van der Waals surface area contributed by atoms with Gasteiger partial charge < -0.3 is 19.7 Å². The number of anilines is 1. The second-order valence-corrected chi connectivity index (χ2v) is 4.65. The van der Waals surface area contributed by atoms with E-state index in [1.165, 1.54) is 19.1 Å². The van der Waals surface area contributed by atoms with Gasteiger partial charge in [-0.3, -0.25) is 0 Å². The number of urea groups is 1. The van der Waals surface area contributed by atoms with E-state index in [0.717, 1.165) is 0 Å². The molecule has 0 saturated carbocycles. The van der Waals surface area contributed by atoms with Crippen LogP contribution in [0.15, 0.2) is 18.2 Å². The fourth-order valence-electron chi connectivity index (χ4n) is 1.34. The predicted molar refractivity (Wildman–Crippen MR) is 75.9 cm³/mol. The molecule has 1 N–H and O–H groups in total. The monoisotopic (exact) mass is 306 g/mol. The Hall–Kier alpha value is -1.01. The molecule has 106 valence electrons. The first-order valence-electron chi connectivity index (χ1n) is 5.50. The SMILES string of the molecule is COC(CN(C)C(=O)Nc1ccc(Cl)c(Cl)c1)OC. The lowest BCUT2D eigenvalue weighted by molar-refractivity contribution is -0.108. The molecule has 0 saturated heterocycles. The Morgan fingerprint density at radius 2 is 1.95 bits per heavy atom. The summed E-state index contributed by atoms with van der Waals surface area (Å²) >= 11 is 11.7. The van der Waals surface area contributed by atoms with Crippen molar-refractivity contribution in [2.75, 3.05) is 33.1 Å². The number of benzene rings is 1. The third-order valence-electron chi connectivity index (χ3n) is 2.47. The largest absolute Gasteiger partial charge is 0.354 e. The average molecular weight is 307 g/mol. The first-order chi connectivity index (χ1) is 8.97. The Labute approximate surface area is 122 Å². The first-order valence-corrected chi connectivity index (χ1v) is 6.26. The second kappa shape index (κ2) is 7.55. The van der Waals surface area contributed by atoms with Crippen molar-refractivity contribution >= 4 is 34.9 Å². The average Bonchev–Trinajstić information content (AvgIpc) is 2.39. The third-order valence-corrected chi connectivity index (χ3v) is 3.21. The van der Waals surface area contributed by atoms with Crippen LogP contribution in [0.3, 0.4) is 0 Å². The number of carbonyl (C=O) groups excluding carboxylic acids is 1. The molecule has 0 aliphatic carbocycles. The number of hydrogen-bond acceptors (Lipinski definition) is 3. The van der Waals surface area contributed by atoms with E-state index in [1.54, 1.807) is 25.2 Å². The summed E-state index contributed by atoms with van der Waals surface area (Å²) in [6.07, 6.45) is -0.468. The summed E-state index contributed by atoms with van der Waals surface area (Å²) in [5, 5.41) is 3.52. The van der Waals surface area contributed by atoms with Gasteiger partial charge in [-0.05, 0) is 18.2 Å². The van der Waals surface area contributed by atoms with Gasteiger partial charge in [-0.2, -0.15) is 0 Å². The van der Waals surface area contributed by atoms with E-state index in [0.29, 0.717) is 22.3 Å². The van der Waals surface area contributed by atoms with E-state index in [4.69, 9.17) is 32.7 Å². The lowest BCUT2D eigenvalue weighted by Crippen LogP contribution is -2.38. The molecule has 0 unspecified atom stereocenters. The van der Waals surface area contributed by atoms with Crippen LogP contribution in [-0.2, 0) is 9.47 Å². The summed E-state index contributed by atoms with van der Waals surface area (Å²) in [6.45, 7) is 0.306. The van der Waals surface area contributed by atoms with E-state index in [-0.39, 0.29) is 6.03 Å². The lowest BCUT2D eigenvalue weighted by atomic mass is 10.3. The zero-order chi connectivity index (χ0) is 14.4. The molecule has 1 rings (SSSR count). The van der Waals surface area contributed by atoms with Crippen molar-refractivity contribution in [3.63, 3.8) is 0 Å². The fraction of sp³-hybridized carbons (Fsp3) is 0.417. The van der Waals surface area contributed by atoms with E-state index in [9.17, 15) is 4.79 Å². The van der Waals surface area contributed by atoms with Gasteiger partial charge in [0.15, 0.2) is 6.29 Å². The number of rotatable bonds is 5. The van der Waals surface area contributed by atoms with Crippen LogP contribution in [0.25, 0.3) is 0 Å². The summed E-state index contributed by atoms with van der Waals surface area (Å²) in [6, 6.07) is 4.58. The molecule has 0 aromatic heterocycles. The smallest absolute Gasteiger partial charge is 0.321 e. The number of likely N-dealkylation sites (N-methyl/N-ethyl adjacent to an activating group) is 1. The van der Waals surface area contributed by atoms with Crippen molar-refractivity contribution in [2.45, 2.75) is 6.29 Å². The normalized spacial score (nSPS) is 10.6. The second-order valence-electron chi connectivity index (χ2n) is 3.84. The summed E-state index contributed by atoms with van der Waals surface area (Å²) in [5.74, 6) is 0. The van der Waals surface area contributed by atoms with Gasteiger partial charge in [-0.25, -0.2) is 4.79 Å². The highest BCUT2D eigenvalue weighted by Crippen LogP contribution is 2.25. The van der Waals surface area contributed by atoms with E-state index in [1.807, 2.05) is 0 Å². The molecule has 2 amide bonds. The number of hydrogen-bond donors (Lipinski definition) is 1. The molecule has 0 aliphatic rings. The predicted octanol–water partition coefficient (Wildman–Crippen LogP) is 3.08. The van der Waals surface area contributed by atoms with Crippen LogP contribution in [0.5, 0.6) is 0 Å². The zero-order valence-corrected chi connectivity index (χ0v) is 12.5. The number of nitrogens with zero attached hydrogens (tertiary/aromatic N) is 1. The van der Waals surface area contributed by atoms with Crippen LogP contribution in [0.1, 0.15) is 0 Å². The number of nitrogens with one attached hydrogen (secondary N) is 1. The minimum atomic E-state index is -0.468. The minimum absolute atomic E-state index is 0.294. The molecule has 0 atom stereocenters. The third kappa shape index (κ3) is 4.87. The van der Waals surface area contributed by atoms with Crippen LogP contribution >= 0.6 is 23.2 Å². The molecule has 5 nitrogen and oxygen atoms in total. The van der Waals surface area contributed by atoms with Gasteiger partial charge in [0.2, 0.25) is 0 Å². The quantitative estimate of drug-likeness (QED) is 0.851. The lowest BCUT2D eigenvalue weighted by Gasteiger charge is -2.22. The molecule has 0 aliphatic heterocycles. The van der Waals surface area contributed by atoms with Gasteiger partial charge >= 0.3 is 6.03 Å². The molecular formula is C12H16Cl2N2O3. The Morgan fingerprint density at radius 3 is 2.47 bits per heavy atom. The molecule has 0 fully saturated rings. The van der Waals surface area contributed by atoms with Crippen LogP contribution in [0.4, 0.5) is 10.5 Å². The van der Waals surface area contributed by atoms with Crippen LogP contribution in [-0.4, -0.2) is 45.0 Å². The number of ether oxygens (including phenoxy) is 2. The topological polar surface area (TPSA) is 50.8 Å². The van der Waals surface area contributed by atoms with Crippen LogP contribution < -0.4 is 5.32 Å². The maximum atomic E-state index is 11.9. The summed E-state index contributed by atoms with van der Waals surface area (Å²) < 4.78 is 10.0. The van der Waals surface area contributed by atoms with Gasteiger partial charge in [0.05, 0.1) is 16.6 Å². The van der Waals surface area contributed by atoms with Gasteiger partial charge in [0.25, 0.3) is 0 Å². The highest BCUT2D eigenvalue weighted by atomic mass is 35.5. The van der Waals surface area contributed by atoms with Crippen molar-refractivity contribution in [2.24, 2.45) is 0 Å². The number of carbonyl (C=O) groups is 1. The molecule has 1 aromatic rings. The molecule has 0 spiro atoms. The van der Waals surface area contributed by atoms with Crippen LogP contribution in [0, 0.1) is 0 Å². The van der Waals surface area contributed by atoms with Crippen molar-refractivity contribution in [3.8, 4) is 0 Å². The summed E-state index contributed by atoms with van der Waals surface area (Å²) in [4.78, 5) is 13.3. The van der Waals surface area contributed by atoms with Gasteiger partial charge in [-0.15, -0.1) is 0 Å². The Balaban J connectivity index is 2.60. The molecular weight excluding hydrogens is 291 g/mol. The zero-order valence-electron chi connectivity index (χ0n) is 10.9. The first kappa shape index (κ1) is 16.0. The van der Waals surface area contributed by atoms with Crippen molar-refractivity contribution < 1.29 is 14.3 Å². The number of amides is 2. The molecule has 19 heavy (non-hydrogen) atoms. The van der Waals surface area contributed by atoms with E-state index in [2.05, 4.69) is 5.32 Å². The molecule has 0 bridgehead atoms. The van der Waals surface area contributed by atoms with Gasteiger partial charge in [-0.1, -0.05) is 23.2 Å². The van der Waals surface area contributed by atoms with E-state index >= 15 is 0 Å². The number of halogens is 2. The molecule has 7 heteroatoms. The molecule has 0 radical (unpaired) electrons. The minimum Gasteiger partial charge on any atom is -0.354 e. The summed E-state index contributed by atoms with van der Waals surface area (Å²) in [7, 11) is 4.66. The maximum Gasteiger partial charge on any atom is 0.321 e. The molecule has 1 aromatic carbocycles. The van der Waals surface area contributed by atoms with Crippen molar-refractivity contribution in [1.82, 2.24) is 4.90 Å². The Bertz CT molecular complexity index is 439. The van der Waals surface area contributed by atoms with Gasteiger partial charge in [0, 0.05) is 27.0 Å². The number of methoxy groups -OCH3 is 2. The van der Waals surface area contributed by atoms with Gasteiger partial charge in [0.1, 0.15) is 0 Å². The highest BCUT2D eigenvalue weighted by molar-refractivity contribution is 6.42. The van der Waals surface area contributed by atoms with E-state index < -0.39 is 6.29 Å². The molecule has 0 heterocycles. The maximum absolute atomic E-state index is 11.9. The van der Waals surface area contributed by atoms with Crippen molar-refractivity contribution in [1.29, 1.82) is 0 Å². The standard InChI is InChI=1S/C12H16Cl2N2O3/c1-16(7-11(18-2)19-3)12(17)15-8-4-5-9(13)10(14)6-8/h4-6,11H,7H2,1-3H3,(H,15,17). The fourth-order valence-corrected chi connectivity index (χ4v) is 1.64. The van der Waals surface area contributed by atoms with Crippen molar-refractivity contribution in [3.05, 3.63) is 28.2 Å². The highest BCUT2D eigenvalue weighted by Gasteiger charge is 2.15.